The van der Waals surface area contributed by atoms with Crippen molar-refractivity contribution < 1.29 is 8.42 Å². The summed E-state index contributed by atoms with van der Waals surface area (Å²) < 4.78 is 27.3. The number of nitrogens with one attached hydrogen (secondary N) is 1. The fourth-order valence-corrected chi connectivity index (χ4v) is 5.06. The molecule has 21 heavy (non-hydrogen) atoms. The summed E-state index contributed by atoms with van der Waals surface area (Å²) in [5.74, 6) is 0.410. The molecule has 0 saturated carbocycles. The smallest absolute Gasteiger partial charge is 0.243 e. The molecule has 0 aromatic heterocycles. The molecule has 2 aliphatic rings. The third kappa shape index (κ3) is 2.57. The van der Waals surface area contributed by atoms with Crippen molar-refractivity contribution in [3.8, 4) is 6.07 Å². The third-order valence-corrected chi connectivity index (χ3v) is 6.47. The molecular formula is C15H19N3O2S. The second-order valence-corrected chi connectivity index (χ2v) is 7.78. The minimum atomic E-state index is -3.52. The predicted octanol–water partition coefficient (Wildman–Crippen LogP) is 1.24. The maximum absolute atomic E-state index is 12.9. The van der Waals surface area contributed by atoms with E-state index in [1.54, 1.807) is 23.4 Å². The Hall–Kier alpha value is -1.42. The number of rotatable bonds is 2. The zero-order chi connectivity index (χ0) is 15.0. The monoisotopic (exact) mass is 305 g/mol. The Balaban J connectivity index is 1.93. The van der Waals surface area contributed by atoms with Crippen molar-refractivity contribution in [2.24, 2.45) is 5.92 Å². The topological polar surface area (TPSA) is 73.2 Å². The standard InChI is InChI=1S/C15H19N3O2S/c1-11-4-5-12(8-16)7-15(11)21(19,20)18-9-13-3-2-6-17-14(13)10-18/h4-5,7,13-14,17H,2-3,6,9-10H2,1H3. The minimum Gasteiger partial charge on any atom is -0.312 e. The maximum Gasteiger partial charge on any atom is 0.243 e. The van der Waals surface area contributed by atoms with Gasteiger partial charge in [0, 0.05) is 19.1 Å². The lowest BCUT2D eigenvalue weighted by Gasteiger charge is -2.24. The number of piperidine rings is 1. The van der Waals surface area contributed by atoms with Gasteiger partial charge in [0.15, 0.2) is 0 Å². The number of aryl methyl sites for hydroxylation is 1. The molecule has 2 unspecified atom stereocenters. The first-order chi connectivity index (χ1) is 10.0. The molecule has 1 N–H and O–H groups in total. The second-order valence-electron chi connectivity index (χ2n) is 5.88. The first kappa shape index (κ1) is 14.5. The number of benzene rings is 1. The van der Waals surface area contributed by atoms with Crippen LogP contribution in [0.1, 0.15) is 24.0 Å². The van der Waals surface area contributed by atoms with Gasteiger partial charge < -0.3 is 5.32 Å². The normalized spacial score (nSPS) is 26.3. The predicted molar refractivity (Wildman–Crippen MR) is 79.2 cm³/mol. The van der Waals surface area contributed by atoms with Crippen molar-refractivity contribution in [1.29, 1.82) is 5.26 Å². The summed E-state index contributed by atoms with van der Waals surface area (Å²) in [7, 11) is -3.52. The van der Waals surface area contributed by atoms with Crippen LogP contribution in [-0.2, 0) is 10.0 Å². The van der Waals surface area contributed by atoms with Crippen molar-refractivity contribution in [1.82, 2.24) is 9.62 Å². The Morgan fingerprint density at radius 2 is 2.19 bits per heavy atom. The number of sulfonamides is 1. The summed E-state index contributed by atoms with van der Waals surface area (Å²) in [6, 6.07) is 7.12. The van der Waals surface area contributed by atoms with Gasteiger partial charge in [-0.15, -0.1) is 0 Å². The highest BCUT2D eigenvalue weighted by Gasteiger charge is 2.40. The van der Waals surface area contributed by atoms with Crippen molar-refractivity contribution in [3.63, 3.8) is 0 Å². The Bertz CT molecular complexity index is 679. The highest BCUT2D eigenvalue weighted by molar-refractivity contribution is 7.89. The Labute approximate surface area is 125 Å². The molecule has 1 aromatic carbocycles. The molecular weight excluding hydrogens is 286 g/mol. The largest absolute Gasteiger partial charge is 0.312 e. The van der Waals surface area contributed by atoms with Gasteiger partial charge in [0.25, 0.3) is 0 Å². The van der Waals surface area contributed by atoms with E-state index in [0.717, 1.165) is 19.4 Å². The van der Waals surface area contributed by atoms with E-state index >= 15 is 0 Å². The highest BCUT2D eigenvalue weighted by Crippen LogP contribution is 2.30. The quantitative estimate of drug-likeness (QED) is 0.892. The average Bonchev–Trinajstić information content (AvgIpc) is 2.92. The van der Waals surface area contributed by atoms with Crippen LogP contribution in [0.4, 0.5) is 0 Å². The van der Waals surface area contributed by atoms with Crippen molar-refractivity contribution in [2.45, 2.75) is 30.7 Å². The van der Waals surface area contributed by atoms with Gasteiger partial charge in [-0.25, -0.2) is 8.42 Å². The highest BCUT2D eigenvalue weighted by atomic mass is 32.2. The fourth-order valence-electron chi connectivity index (χ4n) is 3.29. The lowest BCUT2D eigenvalue weighted by Crippen LogP contribution is -2.41. The van der Waals surface area contributed by atoms with Crippen LogP contribution in [-0.4, -0.2) is 38.4 Å². The Morgan fingerprint density at radius 3 is 2.90 bits per heavy atom. The van der Waals surface area contributed by atoms with Gasteiger partial charge in [0.1, 0.15) is 0 Å². The zero-order valence-corrected chi connectivity index (χ0v) is 12.9. The molecule has 2 heterocycles. The molecule has 2 fully saturated rings. The van der Waals surface area contributed by atoms with Crippen molar-refractivity contribution >= 4 is 10.0 Å². The van der Waals surface area contributed by atoms with Crippen LogP contribution < -0.4 is 5.32 Å². The summed E-state index contributed by atoms with van der Waals surface area (Å²) in [6.07, 6.45) is 2.19. The van der Waals surface area contributed by atoms with E-state index < -0.39 is 10.0 Å². The van der Waals surface area contributed by atoms with E-state index in [9.17, 15) is 8.42 Å². The molecule has 3 rings (SSSR count). The molecule has 0 radical (unpaired) electrons. The Morgan fingerprint density at radius 1 is 1.38 bits per heavy atom. The molecule has 2 saturated heterocycles. The number of fused-ring (bicyclic) bond motifs is 1. The third-order valence-electron chi connectivity index (χ3n) is 4.50. The molecule has 0 aliphatic carbocycles. The number of hydrogen-bond donors (Lipinski definition) is 1. The Kier molecular flexibility index (Phi) is 3.74. The molecule has 0 amide bonds. The van der Waals surface area contributed by atoms with Crippen LogP contribution in [0.5, 0.6) is 0 Å². The van der Waals surface area contributed by atoms with Gasteiger partial charge >= 0.3 is 0 Å². The van der Waals surface area contributed by atoms with Crippen LogP contribution >= 0.6 is 0 Å². The first-order valence-corrected chi connectivity index (χ1v) is 8.70. The maximum atomic E-state index is 12.9. The van der Waals surface area contributed by atoms with E-state index in [2.05, 4.69) is 5.32 Å². The number of nitriles is 1. The second kappa shape index (κ2) is 5.41. The summed E-state index contributed by atoms with van der Waals surface area (Å²) in [5.41, 5.74) is 1.07. The molecule has 6 heteroatoms. The summed E-state index contributed by atoms with van der Waals surface area (Å²) in [5, 5.41) is 12.4. The average molecular weight is 305 g/mol. The SMILES string of the molecule is Cc1ccc(C#N)cc1S(=O)(=O)N1CC2CCCNC2C1. The zero-order valence-electron chi connectivity index (χ0n) is 12.0. The minimum absolute atomic E-state index is 0.264. The van der Waals surface area contributed by atoms with Crippen LogP contribution in [0, 0.1) is 24.2 Å². The molecule has 2 aliphatic heterocycles. The van der Waals surface area contributed by atoms with Gasteiger partial charge in [-0.1, -0.05) is 6.07 Å². The molecule has 0 bridgehead atoms. The molecule has 1 aromatic rings. The van der Waals surface area contributed by atoms with Crippen LogP contribution in [0.15, 0.2) is 23.1 Å². The van der Waals surface area contributed by atoms with E-state index in [4.69, 9.17) is 5.26 Å². The summed E-state index contributed by atoms with van der Waals surface area (Å²) >= 11 is 0. The lowest BCUT2D eigenvalue weighted by atomic mass is 9.94. The van der Waals surface area contributed by atoms with E-state index in [-0.39, 0.29) is 10.9 Å². The van der Waals surface area contributed by atoms with Gasteiger partial charge in [-0.2, -0.15) is 9.57 Å². The fraction of sp³-hybridized carbons (Fsp3) is 0.533. The van der Waals surface area contributed by atoms with Gasteiger partial charge in [0.05, 0.1) is 16.5 Å². The summed E-state index contributed by atoms with van der Waals surface area (Å²) in [6.45, 7) is 3.85. The van der Waals surface area contributed by atoms with Crippen molar-refractivity contribution in [2.75, 3.05) is 19.6 Å². The number of hydrogen-bond acceptors (Lipinski definition) is 4. The van der Waals surface area contributed by atoms with Crippen LogP contribution in [0.25, 0.3) is 0 Å². The van der Waals surface area contributed by atoms with Gasteiger partial charge in [-0.3, -0.25) is 0 Å². The van der Waals surface area contributed by atoms with Crippen molar-refractivity contribution in [3.05, 3.63) is 29.3 Å². The molecule has 112 valence electrons. The van der Waals surface area contributed by atoms with E-state index in [1.807, 2.05) is 6.07 Å². The van der Waals surface area contributed by atoms with Crippen LogP contribution in [0.2, 0.25) is 0 Å². The van der Waals surface area contributed by atoms with E-state index in [0.29, 0.717) is 30.1 Å². The molecule has 5 nitrogen and oxygen atoms in total. The summed E-state index contributed by atoms with van der Waals surface area (Å²) in [4.78, 5) is 0.264. The lowest BCUT2D eigenvalue weighted by molar-refractivity contribution is 0.339. The molecule has 2 atom stereocenters. The number of nitrogens with zero attached hydrogens (tertiary/aromatic N) is 2. The van der Waals surface area contributed by atoms with Gasteiger partial charge in [0.2, 0.25) is 10.0 Å². The molecule has 0 spiro atoms. The van der Waals surface area contributed by atoms with E-state index in [1.165, 1.54) is 6.07 Å². The van der Waals surface area contributed by atoms with Gasteiger partial charge in [-0.05, 0) is 49.9 Å². The first-order valence-electron chi connectivity index (χ1n) is 7.26. The van der Waals surface area contributed by atoms with Crippen LogP contribution in [0.3, 0.4) is 0 Å².